The quantitative estimate of drug-likeness (QED) is 0.379. The van der Waals surface area contributed by atoms with E-state index in [2.05, 4.69) is 10.5 Å². The second-order valence-electron chi connectivity index (χ2n) is 5.95. The van der Waals surface area contributed by atoms with E-state index in [1.165, 1.54) is 24.4 Å². The highest BCUT2D eigenvalue weighted by atomic mass is 35.5. The van der Waals surface area contributed by atoms with Crippen LogP contribution in [0.1, 0.15) is 22.6 Å². The molecule has 0 aromatic heterocycles. The van der Waals surface area contributed by atoms with Crippen molar-refractivity contribution in [1.29, 1.82) is 0 Å². The van der Waals surface area contributed by atoms with Crippen LogP contribution in [0, 0.1) is 10.1 Å². The number of hydrogen-bond donors (Lipinski definition) is 1. The topological polar surface area (TPSA) is 84.6 Å². The lowest BCUT2D eigenvalue weighted by atomic mass is 9.91. The lowest BCUT2D eigenvalue weighted by Gasteiger charge is -2.16. The van der Waals surface area contributed by atoms with Crippen molar-refractivity contribution in [2.75, 3.05) is 0 Å². The van der Waals surface area contributed by atoms with Gasteiger partial charge in [0.15, 0.2) is 0 Å². The molecule has 0 aliphatic rings. The maximum absolute atomic E-state index is 12.8. The number of rotatable bonds is 6. The average molecular weight is 394 g/mol. The molecule has 3 aromatic rings. The third-order valence-electron chi connectivity index (χ3n) is 4.10. The smallest absolute Gasteiger partial charge is 0.270 e. The molecule has 1 N–H and O–H groups in total. The number of amides is 1. The number of hydrogen-bond acceptors (Lipinski definition) is 4. The molecule has 3 aromatic carbocycles. The summed E-state index contributed by atoms with van der Waals surface area (Å²) in [6.45, 7) is 0. The minimum Gasteiger partial charge on any atom is -0.272 e. The minimum atomic E-state index is -0.542. The third-order valence-corrected chi connectivity index (χ3v) is 4.44. The number of non-ortho nitro benzene ring substituents is 1. The normalized spacial score (nSPS) is 10.9. The Bertz CT molecular complexity index is 968. The van der Waals surface area contributed by atoms with Crippen LogP contribution in [-0.4, -0.2) is 17.0 Å². The highest BCUT2D eigenvalue weighted by molar-refractivity contribution is 6.33. The zero-order valence-electron chi connectivity index (χ0n) is 14.7. The number of nitrogens with one attached hydrogen (secondary N) is 1. The molecule has 0 aliphatic heterocycles. The van der Waals surface area contributed by atoms with Crippen LogP contribution in [0.5, 0.6) is 0 Å². The molecule has 0 fully saturated rings. The van der Waals surface area contributed by atoms with E-state index < -0.39 is 10.8 Å². The van der Waals surface area contributed by atoms with Gasteiger partial charge in [0.1, 0.15) is 0 Å². The zero-order chi connectivity index (χ0) is 19.9. The Labute approximate surface area is 166 Å². The molecular formula is C21H16ClN3O3. The first-order chi connectivity index (χ1) is 13.6. The summed E-state index contributed by atoms with van der Waals surface area (Å²) in [7, 11) is 0. The van der Waals surface area contributed by atoms with E-state index >= 15 is 0 Å². The molecule has 3 rings (SSSR count). The van der Waals surface area contributed by atoms with Crippen LogP contribution in [0.4, 0.5) is 5.69 Å². The Balaban J connectivity index is 1.83. The molecule has 7 heteroatoms. The minimum absolute atomic E-state index is 0.108. The number of halogens is 1. The molecular weight excluding hydrogens is 378 g/mol. The van der Waals surface area contributed by atoms with Crippen LogP contribution < -0.4 is 5.43 Å². The molecule has 1 amide bonds. The summed E-state index contributed by atoms with van der Waals surface area (Å²) in [6, 6.07) is 22.7. The van der Waals surface area contributed by atoms with Crippen molar-refractivity contribution in [3.8, 4) is 0 Å². The van der Waals surface area contributed by atoms with Gasteiger partial charge in [0.05, 0.1) is 17.1 Å². The van der Waals surface area contributed by atoms with Gasteiger partial charge in [0.25, 0.3) is 11.6 Å². The van der Waals surface area contributed by atoms with Crippen LogP contribution in [0.3, 0.4) is 0 Å². The van der Waals surface area contributed by atoms with Crippen molar-refractivity contribution in [2.45, 2.75) is 5.92 Å². The van der Waals surface area contributed by atoms with Gasteiger partial charge in [-0.15, -0.1) is 0 Å². The molecule has 0 heterocycles. The molecule has 0 spiro atoms. The maximum atomic E-state index is 12.8. The molecule has 0 saturated carbocycles. The Hall–Kier alpha value is -3.51. The van der Waals surface area contributed by atoms with E-state index in [4.69, 9.17) is 11.6 Å². The molecule has 140 valence electrons. The fourth-order valence-corrected chi connectivity index (χ4v) is 2.93. The number of benzene rings is 3. The van der Waals surface area contributed by atoms with Crippen molar-refractivity contribution in [3.63, 3.8) is 0 Å². The van der Waals surface area contributed by atoms with Gasteiger partial charge in [-0.3, -0.25) is 14.9 Å². The summed E-state index contributed by atoms with van der Waals surface area (Å²) in [5.74, 6) is -0.865. The third kappa shape index (κ3) is 4.61. The summed E-state index contributed by atoms with van der Waals surface area (Å²) < 4.78 is 0. The number of hydrazone groups is 1. The van der Waals surface area contributed by atoms with E-state index in [1.54, 1.807) is 0 Å². The van der Waals surface area contributed by atoms with Crippen molar-refractivity contribution in [1.82, 2.24) is 5.43 Å². The predicted molar refractivity (Wildman–Crippen MR) is 109 cm³/mol. The first kappa shape index (κ1) is 19.3. The molecule has 0 aliphatic carbocycles. The first-order valence-electron chi connectivity index (χ1n) is 8.43. The number of carbonyl (C=O) groups is 1. The predicted octanol–water partition coefficient (Wildman–Crippen LogP) is 4.53. The Morgan fingerprint density at radius 1 is 1.00 bits per heavy atom. The van der Waals surface area contributed by atoms with Crippen LogP contribution >= 0.6 is 11.6 Å². The van der Waals surface area contributed by atoms with Crippen molar-refractivity contribution in [3.05, 3.63) is 111 Å². The van der Waals surface area contributed by atoms with Crippen molar-refractivity contribution >= 4 is 29.4 Å². The monoisotopic (exact) mass is 393 g/mol. The zero-order valence-corrected chi connectivity index (χ0v) is 15.4. The van der Waals surface area contributed by atoms with Gasteiger partial charge < -0.3 is 0 Å². The number of nitrogens with zero attached hydrogens (tertiary/aromatic N) is 2. The second-order valence-corrected chi connectivity index (χ2v) is 6.36. The van der Waals surface area contributed by atoms with Gasteiger partial charge in [-0.25, -0.2) is 5.43 Å². The fraction of sp³-hybridized carbons (Fsp3) is 0.0476. The number of nitro groups is 1. The second kappa shape index (κ2) is 8.92. The number of carbonyl (C=O) groups excluding carboxylic acids is 1. The van der Waals surface area contributed by atoms with Crippen molar-refractivity contribution < 1.29 is 9.72 Å². The lowest BCUT2D eigenvalue weighted by Crippen LogP contribution is -2.26. The summed E-state index contributed by atoms with van der Waals surface area (Å²) in [4.78, 5) is 23.2. The van der Waals surface area contributed by atoms with E-state index in [0.717, 1.165) is 11.1 Å². The standard InChI is InChI=1S/C21H16ClN3O3/c22-19-12-11-18(25(27)28)13-17(19)14-23-24-21(26)20(15-7-3-1-4-8-15)16-9-5-2-6-10-16/h1-14,20H,(H,24,26)/b23-14-. The van der Waals surface area contributed by atoms with Gasteiger partial charge >= 0.3 is 0 Å². The lowest BCUT2D eigenvalue weighted by molar-refractivity contribution is -0.384. The maximum Gasteiger partial charge on any atom is 0.270 e. The summed E-state index contributed by atoms with van der Waals surface area (Å²) in [5, 5.41) is 15.1. The first-order valence-corrected chi connectivity index (χ1v) is 8.81. The average Bonchev–Trinajstić information content (AvgIpc) is 2.71. The summed E-state index contributed by atoms with van der Waals surface area (Å²) >= 11 is 6.04. The SMILES string of the molecule is O=C(N/N=C\c1cc([N+](=O)[O-])ccc1Cl)C(c1ccccc1)c1ccccc1. The van der Waals surface area contributed by atoms with Crippen LogP contribution in [0.15, 0.2) is 84.0 Å². The van der Waals surface area contributed by atoms with Crippen molar-refractivity contribution in [2.24, 2.45) is 5.10 Å². The molecule has 28 heavy (non-hydrogen) atoms. The molecule has 0 atom stereocenters. The summed E-state index contributed by atoms with van der Waals surface area (Å²) in [6.07, 6.45) is 1.29. The van der Waals surface area contributed by atoms with Crippen LogP contribution in [0.2, 0.25) is 5.02 Å². The molecule has 0 unspecified atom stereocenters. The van der Waals surface area contributed by atoms with Crippen LogP contribution in [-0.2, 0) is 4.79 Å². The van der Waals surface area contributed by atoms with Gasteiger partial charge in [-0.2, -0.15) is 5.10 Å². The summed E-state index contributed by atoms with van der Waals surface area (Å²) in [5.41, 5.74) is 4.40. The van der Waals surface area contributed by atoms with Crippen LogP contribution in [0.25, 0.3) is 0 Å². The fourth-order valence-electron chi connectivity index (χ4n) is 2.76. The van der Waals surface area contributed by atoms with Gasteiger partial charge in [0.2, 0.25) is 0 Å². The van der Waals surface area contributed by atoms with E-state index in [-0.39, 0.29) is 11.6 Å². The van der Waals surface area contributed by atoms with E-state index in [0.29, 0.717) is 10.6 Å². The van der Waals surface area contributed by atoms with Gasteiger partial charge in [-0.1, -0.05) is 72.3 Å². The number of nitro benzene ring substituents is 1. The van der Waals surface area contributed by atoms with E-state index in [1.807, 2.05) is 60.7 Å². The largest absolute Gasteiger partial charge is 0.272 e. The molecule has 0 bridgehead atoms. The van der Waals surface area contributed by atoms with E-state index in [9.17, 15) is 14.9 Å². The highest BCUT2D eigenvalue weighted by Gasteiger charge is 2.22. The van der Waals surface area contributed by atoms with Gasteiger partial charge in [0, 0.05) is 22.7 Å². The van der Waals surface area contributed by atoms with Gasteiger partial charge in [-0.05, 0) is 17.2 Å². The Morgan fingerprint density at radius 2 is 1.57 bits per heavy atom. The molecule has 6 nitrogen and oxygen atoms in total. The Morgan fingerprint density at radius 3 is 2.11 bits per heavy atom. The highest BCUT2D eigenvalue weighted by Crippen LogP contribution is 2.25. The molecule has 0 radical (unpaired) electrons. The molecule has 0 saturated heterocycles. The Kier molecular flexibility index (Phi) is 6.14.